The van der Waals surface area contributed by atoms with E-state index in [2.05, 4.69) is 12.6 Å². The second kappa shape index (κ2) is 6.41. The van der Waals surface area contributed by atoms with Crippen LogP contribution in [0.5, 0.6) is 0 Å². The molecule has 0 nitrogen and oxygen atoms in total. The van der Waals surface area contributed by atoms with Crippen molar-refractivity contribution in [2.24, 2.45) is 0 Å². The molecule has 0 amide bonds. The average Bonchev–Trinajstić information content (AvgIpc) is 1.97. The molecule has 83 valence electrons. The zero-order valence-electron chi connectivity index (χ0n) is 6.22. The highest BCUT2D eigenvalue weighted by Gasteiger charge is 2.16. The maximum atomic E-state index is 12.3. The predicted molar refractivity (Wildman–Crippen MR) is 39.6 cm³/mol. The first-order valence-electron chi connectivity index (χ1n) is 2.54. The van der Waals surface area contributed by atoms with Crippen molar-refractivity contribution in [1.29, 1.82) is 0 Å². The number of hydrogen-bond acceptors (Lipinski definition) is 0. The van der Waals surface area contributed by atoms with Gasteiger partial charge >= 0.3 is 0 Å². The predicted octanol–water partition coefficient (Wildman–Crippen LogP) is 3.26. The quantitative estimate of drug-likeness (QED) is 0.371. The summed E-state index contributed by atoms with van der Waals surface area (Å²) in [4.78, 5) is -0.665. The zero-order chi connectivity index (χ0) is 8.59. The Hall–Kier alpha value is -1.05. The van der Waals surface area contributed by atoms with Crippen molar-refractivity contribution in [2.75, 3.05) is 0 Å². The molecule has 0 saturated heterocycles. The van der Waals surface area contributed by atoms with Crippen molar-refractivity contribution < 1.29 is 31.7 Å². The van der Waals surface area contributed by atoms with Gasteiger partial charge in [0.2, 0.25) is 0 Å². The molecular weight excluding hydrogens is 237 g/mol. The molecule has 14 heavy (non-hydrogen) atoms. The molecule has 1 aromatic rings. The molecule has 0 spiro atoms. The summed E-state index contributed by atoms with van der Waals surface area (Å²) in [6.07, 6.45) is 0. The van der Waals surface area contributed by atoms with E-state index >= 15 is 0 Å². The molecule has 1 rings (SSSR count). The first kappa shape index (κ1) is 18.7. The molecule has 0 aliphatic rings. The van der Waals surface area contributed by atoms with Gasteiger partial charge < -0.3 is 0 Å². The largest absolute Gasteiger partial charge is 0.269 e. The highest BCUT2D eigenvalue weighted by atomic mass is 32.1. The fourth-order valence-electron chi connectivity index (χ4n) is 0.551. The Labute approximate surface area is 79.4 Å². The van der Waals surface area contributed by atoms with Gasteiger partial charge in [-0.15, -0.1) is 0 Å². The number of benzene rings is 1. The monoisotopic (exact) mass is 241 g/mol. The second-order valence-electron chi connectivity index (χ2n) is 1.80. The van der Waals surface area contributed by atoms with Crippen LogP contribution >= 0.6 is 12.6 Å². The highest BCUT2D eigenvalue weighted by Crippen LogP contribution is 2.20. The van der Waals surface area contributed by atoms with E-state index in [1.807, 2.05) is 0 Å². The smallest absolute Gasteiger partial charge is 0.198 e. The van der Waals surface area contributed by atoms with E-state index in [0.717, 1.165) is 0 Å². The Morgan fingerprint density at radius 2 is 1.21 bits per heavy atom. The third-order valence-electron chi connectivity index (χ3n) is 1.07. The van der Waals surface area contributed by atoms with Crippen molar-refractivity contribution in [3.8, 4) is 0 Å². The van der Waals surface area contributed by atoms with Gasteiger partial charge in [0.05, 0.1) is 4.90 Å². The lowest BCUT2D eigenvalue weighted by molar-refractivity contribution is 0.399. The average molecular weight is 241 g/mol. The normalized spacial score (nSPS) is 8.00. The summed E-state index contributed by atoms with van der Waals surface area (Å²) in [5.41, 5.74) is 0. The summed E-state index contributed by atoms with van der Waals surface area (Å²) >= 11 is 4.17. The molecule has 1 aromatic carbocycles. The van der Waals surface area contributed by atoms with Gasteiger partial charge in [-0.25, -0.2) is 17.6 Å². The van der Waals surface area contributed by atoms with E-state index in [9.17, 15) is 17.6 Å². The minimum atomic E-state index is -1.87. The van der Waals surface area contributed by atoms with Crippen LogP contribution in [0, 0.1) is 23.3 Å². The molecule has 8 heteroatoms. The fourth-order valence-corrected chi connectivity index (χ4v) is 0.744. The number of rotatable bonds is 0. The summed E-state index contributed by atoms with van der Waals surface area (Å²) in [7, 11) is 0. The van der Waals surface area contributed by atoms with E-state index in [-0.39, 0.29) is 14.1 Å². The van der Waals surface area contributed by atoms with Crippen LogP contribution in [-0.4, -0.2) is 0 Å². The van der Waals surface area contributed by atoms with Crippen molar-refractivity contribution in [1.82, 2.24) is 0 Å². The highest BCUT2D eigenvalue weighted by molar-refractivity contribution is 7.80. The summed E-state index contributed by atoms with van der Waals surface area (Å²) in [6, 6.07) is 0.420. The van der Waals surface area contributed by atoms with E-state index in [1.165, 1.54) is 0 Å². The molecule has 0 aliphatic heterocycles. The Kier molecular flexibility index (Phi) is 8.55. The maximum Gasteiger partial charge on any atom is 0.198 e. The summed E-state index contributed by atoms with van der Waals surface area (Å²) < 4.78 is 48.8. The molecular formula is C6H4F7S. The van der Waals surface area contributed by atoms with Crippen LogP contribution in [0.3, 0.4) is 0 Å². The molecule has 0 aliphatic carbocycles. The Morgan fingerprint density at radius 1 is 0.786 bits per heavy atom. The lowest BCUT2D eigenvalue weighted by Crippen LogP contribution is -1.95. The van der Waals surface area contributed by atoms with Gasteiger partial charge in [0.1, 0.15) is 0 Å². The fraction of sp³-hybridized carbons (Fsp3) is 0. The summed E-state index contributed by atoms with van der Waals surface area (Å²) in [6.45, 7) is 0. The maximum absolute atomic E-state index is 12.3. The second-order valence-corrected chi connectivity index (χ2v) is 2.24. The molecule has 0 bridgehead atoms. The molecule has 0 N–H and O–H groups in total. The van der Waals surface area contributed by atoms with Crippen molar-refractivity contribution >= 4 is 12.6 Å². The van der Waals surface area contributed by atoms with Crippen LogP contribution in [-0.2, 0) is 0 Å². The van der Waals surface area contributed by atoms with Crippen LogP contribution < -0.4 is 0 Å². The third-order valence-corrected chi connectivity index (χ3v) is 1.37. The van der Waals surface area contributed by atoms with E-state index in [4.69, 9.17) is 0 Å². The van der Waals surface area contributed by atoms with Gasteiger partial charge in [-0.3, -0.25) is 14.1 Å². The number of hydrogen-bond donors (Lipinski definition) is 0. The Morgan fingerprint density at radius 3 is 1.64 bits per heavy atom. The molecule has 0 heterocycles. The lowest BCUT2D eigenvalue weighted by Gasteiger charge is -1.97. The molecule has 0 aromatic heterocycles. The van der Waals surface area contributed by atoms with E-state index < -0.39 is 28.2 Å². The van der Waals surface area contributed by atoms with Crippen molar-refractivity contribution in [3.63, 3.8) is 0 Å². The van der Waals surface area contributed by atoms with Gasteiger partial charge in [0, 0.05) is 0 Å². The van der Waals surface area contributed by atoms with Gasteiger partial charge in [-0.05, 0) is 6.07 Å². The standard InChI is InChI=1S/C6HF4S.3FH/c7-2-1-3(11)5(9)6(10)4(2)8;;;/h1H;3*1H. The van der Waals surface area contributed by atoms with Crippen LogP contribution in [0.4, 0.5) is 31.7 Å². The minimum absolute atomic E-state index is 0. The summed E-state index contributed by atoms with van der Waals surface area (Å²) in [5, 5.41) is 0. The van der Waals surface area contributed by atoms with Crippen molar-refractivity contribution in [3.05, 3.63) is 29.3 Å². The van der Waals surface area contributed by atoms with Crippen LogP contribution in [0.25, 0.3) is 0 Å². The Balaban J connectivity index is -0.000000403. The van der Waals surface area contributed by atoms with Crippen molar-refractivity contribution in [2.45, 2.75) is 4.90 Å². The summed E-state index contributed by atoms with van der Waals surface area (Å²) in [5.74, 6) is -6.71. The molecule has 1 radical (unpaired) electrons. The molecule has 0 fully saturated rings. The van der Waals surface area contributed by atoms with Crippen LogP contribution in [0.1, 0.15) is 0 Å². The number of halogens is 7. The van der Waals surface area contributed by atoms with Gasteiger partial charge in [0.15, 0.2) is 23.3 Å². The van der Waals surface area contributed by atoms with Gasteiger partial charge in [-0.1, -0.05) is 12.6 Å². The first-order valence-corrected chi connectivity index (χ1v) is 2.95. The molecule has 0 saturated carbocycles. The molecule has 0 unspecified atom stereocenters. The van der Waals surface area contributed by atoms with E-state index in [1.54, 1.807) is 0 Å². The van der Waals surface area contributed by atoms with Crippen LogP contribution in [0.15, 0.2) is 11.0 Å². The van der Waals surface area contributed by atoms with E-state index in [0.29, 0.717) is 6.07 Å². The SMILES string of the molecule is F.F.F.Fc1cc([S])c(F)c(F)c1F. The first-order chi connectivity index (χ1) is 5.04. The van der Waals surface area contributed by atoms with Crippen LogP contribution in [0.2, 0.25) is 0 Å². The topological polar surface area (TPSA) is 0 Å². The lowest BCUT2D eigenvalue weighted by atomic mass is 10.3. The Bertz CT molecular complexity index is 274. The zero-order valence-corrected chi connectivity index (χ0v) is 7.04. The third kappa shape index (κ3) is 3.02. The van der Waals surface area contributed by atoms with Gasteiger partial charge in [-0.2, -0.15) is 0 Å². The molecule has 0 atom stereocenters. The minimum Gasteiger partial charge on any atom is -0.269 e. The van der Waals surface area contributed by atoms with Gasteiger partial charge in [0.25, 0.3) is 0 Å².